The maximum atomic E-state index is 11.9. The highest BCUT2D eigenvalue weighted by Gasteiger charge is 2.16. The molecule has 1 saturated heterocycles. The van der Waals surface area contributed by atoms with Gasteiger partial charge in [0.2, 0.25) is 0 Å². The molecule has 1 atom stereocenters. The molecule has 0 bridgehead atoms. The van der Waals surface area contributed by atoms with Crippen molar-refractivity contribution in [3.8, 4) is 0 Å². The van der Waals surface area contributed by atoms with Gasteiger partial charge in [-0.3, -0.25) is 4.79 Å². The molecule has 102 valence electrons. The van der Waals surface area contributed by atoms with Crippen molar-refractivity contribution < 1.29 is 19.1 Å². The van der Waals surface area contributed by atoms with E-state index < -0.39 is 5.97 Å². The van der Waals surface area contributed by atoms with Crippen molar-refractivity contribution in [2.45, 2.75) is 18.9 Å². The average Bonchev–Trinajstić information content (AvgIpc) is 2.97. The van der Waals surface area contributed by atoms with Gasteiger partial charge >= 0.3 is 5.97 Å². The fourth-order valence-electron chi connectivity index (χ4n) is 1.99. The van der Waals surface area contributed by atoms with Crippen molar-refractivity contribution in [3.63, 3.8) is 0 Å². The molecule has 1 amide bonds. The van der Waals surface area contributed by atoms with E-state index in [0.717, 1.165) is 19.4 Å². The van der Waals surface area contributed by atoms with Crippen molar-refractivity contribution >= 4 is 11.9 Å². The van der Waals surface area contributed by atoms with Gasteiger partial charge in [-0.15, -0.1) is 0 Å². The van der Waals surface area contributed by atoms with E-state index in [1.165, 1.54) is 7.11 Å². The largest absolute Gasteiger partial charge is 0.465 e. The first-order valence-corrected chi connectivity index (χ1v) is 6.29. The van der Waals surface area contributed by atoms with Gasteiger partial charge in [0.1, 0.15) is 0 Å². The van der Waals surface area contributed by atoms with Crippen LogP contribution in [0.2, 0.25) is 0 Å². The number of esters is 1. The Kier molecular flexibility index (Phi) is 4.52. The first-order chi connectivity index (χ1) is 9.20. The highest BCUT2D eigenvalue weighted by atomic mass is 16.5. The van der Waals surface area contributed by atoms with Gasteiger partial charge in [-0.1, -0.05) is 0 Å². The Morgan fingerprint density at radius 3 is 2.58 bits per heavy atom. The van der Waals surface area contributed by atoms with Gasteiger partial charge in [0.15, 0.2) is 0 Å². The number of ether oxygens (including phenoxy) is 2. The molecule has 0 spiro atoms. The summed E-state index contributed by atoms with van der Waals surface area (Å²) >= 11 is 0. The molecular weight excluding hydrogens is 246 g/mol. The van der Waals surface area contributed by atoms with Crippen LogP contribution in [0.1, 0.15) is 33.6 Å². The second-order valence-corrected chi connectivity index (χ2v) is 4.41. The van der Waals surface area contributed by atoms with Gasteiger partial charge in [-0.05, 0) is 37.1 Å². The molecule has 1 fully saturated rings. The smallest absolute Gasteiger partial charge is 0.337 e. The summed E-state index contributed by atoms with van der Waals surface area (Å²) in [6.45, 7) is 1.30. The number of nitrogens with one attached hydrogen (secondary N) is 1. The fourth-order valence-corrected chi connectivity index (χ4v) is 1.99. The molecule has 2 rings (SSSR count). The molecular formula is C14H17NO4. The normalized spacial score (nSPS) is 18.1. The lowest BCUT2D eigenvalue weighted by molar-refractivity contribution is 0.0600. The summed E-state index contributed by atoms with van der Waals surface area (Å²) in [5.41, 5.74) is 0.948. The summed E-state index contributed by atoms with van der Waals surface area (Å²) in [6, 6.07) is 6.37. The van der Waals surface area contributed by atoms with Crippen LogP contribution >= 0.6 is 0 Å². The predicted molar refractivity (Wildman–Crippen MR) is 69.1 cm³/mol. The fraction of sp³-hybridized carbons (Fsp3) is 0.429. The molecule has 0 unspecified atom stereocenters. The molecule has 1 aromatic carbocycles. The summed E-state index contributed by atoms with van der Waals surface area (Å²) in [4.78, 5) is 23.1. The molecule has 0 aromatic heterocycles. The highest BCUT2D eigenvalue weighted by molar-refractivity contribution is 5.96. The number of methoxy groups -OCH3 is 1. The van der Waals surface area contributed by atoms with Crippen molar-refractivity contribution in [2.75, 3.05) is 20.3 Å². The third-order valence-electron chi connectivity index (χ3n) is 3.08. The quantitative estimate of drug-likeness (QED) is 0.834. The minimum absolute atomic E-state index is 0.123. The van der Waals surface area contributed by atoms with Crippen molar-refractivity contribution in [2.24, 2.45) is 0 Å². The molecule has 5 nitrogen and oxygen atoms in total. The molecule has 0 saturated carbocycles. The predicted octanol–water partition coefficient (Wildman–Crippen LogP) is 1.38. The second kappa shape index (κ2) is 6.33. The summed E-state index contributed by atoms with van der Waals surface area (Å²) in [7, 11) is 1.32. The summed E-state index contributed by atoms with van der Waals surface area (Å²) in [5, 5.41) is 2.82. The standard InChI is InChI=1S/C14H17NO4/c1-18-14(17)11-6-4-10(5-7-11)13(16)15-9-12-3-2-8-19-12/h4-7,12H,2-3,8-9H2,1H3,(H,15,16)/t12-/m1/s1. The van der Waals surface area contributed by atoms with Gasteiger partial charge in [0.25, 0.3) is 5.91 Å². The lowest BCUT2D eigenvalue weighted by Gasteiger charge is -2.10. The van der Waals surface area contributed by atoms with Crippen LogP contribution in [0.5, 0.6) is 0 Å². The molecule has 0 radical (unpaired) electrons. The Morgan fingerprint density at radius 2 is 2.00 bits per heavy atom. The monoisotopic (exact) mass is 263 g/mol. The van der Waals surface area contributed by atoms with Gasteiger partial charge in [0.05, 0.1) is 18.8 Å². The maximum absolute atomic E-state index is 11.9. The first kappa shape index (κ1) is 13.5. The lowest BCUT2D eigenvalue weighted by atomic mass is 10.1. The zero-order valence-electron chi connectivity index (χ0n) is 10.8. The number of carbonyl (C=O) groups excluding carboxylic acids is 2. The van der Waals surface area contributed by atoms with Gasteiger partial charge in [0, 0.05) is 18.7 Å². The Balaban J connectivity index is 1.89. The first-order valence-electron chi connectivity index (χ1n) is 6.29. The van der Waals surface area contributed by atoms with Crippen molar-refractivity contribution in [1.29, 1.82) is 0 Å². The SMILES string of the molecule is COC(=O)c1ccc(C(=O)NC[C@H]2CCCO2)cc1. The molecule has 1 N–H and O–H groups in total. The van der Waals surface area contributed by atoms with Crippen LogP contribution in [-0.2, 0) is 9.47 Å². The van der Waals surface area contributed by atoms with Gasteiger partial charge in [-0.25, -0.2) is 4.79 Å². The highest BCUT2D eigenvalue weighted by Crippen LogP contribution is 2.11. The lowest BCUT2D eigenvalue weighted by Crippen LogP contribution is -2.31. The van der Waals surface area contributed by atoms with Gasteiger partial charge < -0.3 is 14.8 Å². The van der Waals surface area contributed by atoms with E-state index in [9.17, 15) is 9.59 Å². The van der Waals surface area contributed by atoms with Crippen LogP contribution < -0.4 is 5.32 Å². The Bertz CT molecular complexity index is 449. The zero-order valence-corrected chi connectivity index (χ0v) is 10.8. The van der Waals surface area contributed by atoms with E-state index in [2.05, 4.69) is 10.1 Å². The van der Waals surface area contributed by atoms with E-state index in [0.29, 0.717) is 17.7 Å². The molecule has 1 heterocycles. The molecule has 19 heavy (non-hydrogen) atoms. The summed E-state index contributed by atoms with van der Waals surface area (Å²) < 4.78 is 10.0. The van der Waals surface area contributed by atoms with Crippen LogP contribution in [-0.4, -0.2) is 38.2 Å². The molecule has 1 aliphatic rings. The Morgan fingerprint density at radius 1 is 1.32 bits per heavy atom. The summed E-state index contributed by atoms with van der Waals surface area (Å²) in [6.07, 6.45) is 2.16. The minimum Gasteiger partial charge on any atom is -0.465 e. The number of rotatable bonds is 4. The minimum atomic E-state index is -0.411. The van der Waals surface area contributed by atoms with Crippen LogP contribution in [0.15, 0.2) is 24.3 Å². The number of carbonyl (C=O) groups is 2. The van der Waals surface area contributed by atoms with Crippen LogP contribution in [0.3, 0.4) is 0 Å². The summed E-state index contributed by atoms with van der Waals surface area (Å²) in [5.74, 6) is -0.571. The van der Waals surface area contributed by atoms with Crippen LogP contribution in [0.25, 0.3) is 0 Å². The van der Waals surface area contributed by atoms with E-state index >= 15 is 0 Å². The second-order valence-electron chi connectivity index (χ2n) is 4.41. The number of benzene rings is 1. The Labute approximate surface area is 111 Å². The average molecular weight is 263 g/mol. The van der Waals surface area contributed by atoms with Crippen molar-refractivity contribution in [3.05, 3.63) is 35.4 Å². The Hall–Kier alpha value is -1.88. The molecule has 5 heteroatoms. The van der Waals surface area contributed by atoms with Crippen LogP contribution in [0.4, 0.5) is 0 Å². The zero-order chi connectivity index (χ0) is 13.7. The molecule has 1 aromatic rings. The van der Waals surface area contributed by atoms with E-state index in [4.69, 9.17) is 4.74 Å². The van der Waals surface area contributed by atoms with Crippen LogP contribution in [0, 0.1) is 0 Å². The van der Waals surface area contributed by atoms with E-state index in [-0.39, 0.29) is 12.0 Å². The third kappa shape index (κ3) is 3.54. The third-order valence-corrected chi connectivity index (χ3v) is 3.08. The number of amides is 1. The maximum Gasteiger partial charge on any atom is 0.337 e. The van der Waals surface area contributed by atoms with Gasteiger partial charge in [-0.2, -0.15) is 0 Å². The van der Waals surface area contributed by atoms with E-state index in [1.54, 1.807) is 24.3 Å². The van der Waals surface area contributed by atoms with Crippen molar-refractivity contribution in [1.82, 2.24) is 5.32 Å². The number of hydrogen-bond donors (Lipinski definition) is 1. The van der Waals surface area contributed by atoms with E-state index in [1.807, 2.05) is 0 Å². The number of hydrogen-bond acceptors (Lipinski definition) is 4. The molecule has 0 aliphatic carbocycles. The molecule has 1 aliphatic heterocycles. The topological polar surface area (TPSA) is 64.6 Å².